The molecular weight excluding hydrogens is 306 g/mol. The summed E-state index contributed by atoms with van der Waals surface area (Å²) in [5.74, 6) is -1.66. The van der Waals surface area contributed by atoms with Crippen molar-refractivity contribution in [1.82, 2.24) is 5.32 Å². The number of carboxylic acid groups (broad SMARTS) is 1. The number of rotatable bonds is 5. The fourth-order valence-electron chi connectivity index (χ4n) is 2.31. The lowest BCUT2D eigenvalue weighted by Crippen LogP contribution is -2.42. The number of aryl methyl sites for hydroxylation is 1. The van der Waals surface area contributed by atoms with Gasteiger partial charge in [-0.3, -0.25) is 4.79 Å². The summed E-state index contributed by atoms with van der Waals surface area (Å²) in [5, 5.41) is 11.7. The van der Waals surface area contributed by atoms with Gasteiger partial charge < -0.3 is 10.4 Å². The fourth-order valence-corrected chi connectivity index (χ4v) is 3.03. The van der Waals surface area contributed by atoms with Gasteiger partial charge >= 0.3 is 5.97 Å². The number of hydrogen-bond donors (Lipinski definition) is 2. The van der Waals surface area contributed by atoms with E-state index in [1.807, 2.05) is 0 Å². The zero-order valence-corrected chi connectivity index (χ0v) is 13.5. The number of benzene rings is 1. The van der Waals surface area contributed by atoms with Gasteiger partial charge in [-0.05, 0) is 55.9 Å². The van der Waals surface area contributed by atoms with Crippen molar-refractivity contribution < 1.29 is 23.1 Å². The van der Waals surface area contributed by atoms with Gasteiger partial charge in [0.15, 0.2) is 9.84 Å². The maximum atomic E-state index is 12.4. The molecule has 0 aliphatic heterocycles. The highest BCUT2D eigenvalue weighted by Gasteiger charge is 2.37. The van der Waals surface area contributed by atoms with Gasteiger partial charge in [0.25, 0.3) is 5.91 Å². The van der Waals surface area contributed by atoms with E-state index in [2.05, 4.69) is 5.32 Å². The van der Waals surface area contributed by atoms with Crippen LogP contribution in [-0.4, -0.2) is 37.7 Å². The third-order valence-electron chi connectivity index (χ3n) is 3.96. The first-order chi connectivity index (χ1) is 10.1. The van der Waals surface area contributed by atoms with Crippen LogP contribution in [0.25, 0.3) is 0 Å². The molecule has 1 saturated carbocycles. The van der Waals surface area contributed by atoms with Crippen molar-refractivity contribution in [2.24, 2.45) is 5.92 Å². The molecule has 2 rings (SSSR count). The van der Waals surface area contributed by atoms with Gasteiger partial charge in [-0.2, -0.15) is 0 Å². The first kappa shape index (κ1) is 16.5. The average Bonchev–Trinajstić information content (AvgIpc) is 3.21. The molecule has 120 valence electrons. The number of sulfone groups is 1. The Bertz CT molecular complexity index is 735. The van der Waals surface area contributed by atoms with Crippen LogP contribution in [0.3, 0.4) is 0 Å². The number of carbonyl (C=O) groups is 2. The van der Waals surface area contributed by atoms with Crippen molar-refractivity contribution in [3.05, 3.63) is 28.8 Å². The van der Waals surface area contributed by atoms with Crippen molar-refractivity contribution in [1.29, 1.82) is 0 Å². The second-order valence-corrected chi connectivity index (χ2v) is 7.83. The van der Waals surface area contributed by atoms with E-state index in [4.69, 9.17) is 0 Å². The molecule has 0 spiro atoms. The average molecular weight is 325 g/mol. The van der Waals surface area contributed by atoms with E-state index in [0.29, 0.717) is 11.1 Å². The number of aliphatic carboxylic acids is 1. The van der Waals surface area contributed by atoms with E-state index in [1.165, 1.54) is 12.1 Å². The summed E-state index contributed by atoms with van der Waals surface area (Å²) in [4.78, 5) is 23.6. The van der Waals surface area contributed by atoms with E-state index < -0.39 is 27.8 Å². The van der Waals surface area contributed by atoms with Crippen LogP contribution in [0.2, 0.25) is 0 Å². The lowest BCUT2D eigenvalue weighted by Gasteiger charge is -2.16. The predicted octanol–water partition coefficient (Wildman–Crippen LogP) is 1.30. The van der Waals surface area contributed by atoms with Crippen LogP contribution in [0, 0.1) is 19.8 Å². The van der Waals surface area contributed by atoms with Crippen molar-refractivity contribution >= 4 is 21.7 Å². The van der Waals surface area contributed by atoms with Crippen molar-refractivity contribution in [3.63, 3.8) is 0 Å². The maximum Gasteiger partial charge on any atom is 0.326 e. The van der Waals surface area contributed by atoms with Crippen molar-refractivity contribution in [2.75, 3.05) is 6.26 Å². The van der Waals surface area contributed by atoms with Crippen molar-refractivity contribution in [3.8, 4) is 0 Å². The monoisotopic (exact) mass is 325 g/mol. The van der Waals surface area contributed by atoms with E-state index in [1.54, 1.807) is 13.8 Å². The second-order valence-electron chi connectivity index (χ2n) is 5.81. The Balaban J connectivity index is 2.36. The van der Waals surface area contributed by atoms with Gasteiger partial charge in [-0.1, -0.05) is 0 Å². The highest BCUT2D eigenvalue weighted by atomic mass is 32.2. The zero-order chi connectivity index (χ0) is 16.7. The van der Waals surface area contributed by atoms with Gasteiger partial charge in [0.2, 0.25) is 0 Å². The molecule has 1 aliphatic rings. The number of hydrogen-bond acceptors (Lipinski definition) is 4. The van der Waals surface area contributed by atoms with Gasteiger partial charge in [0.05, 0.1) is 4.90 Å². The first-order valence-corrected chi connectivity index (χ1v) is 8.85. The Morgan fingerprint density at radius 2 is 1.86 bits per heavy atom. The molecule has 1 aromatic rings. The highest BCUT2D eigenvalue weighted by Crippen LogP contribution is 2.33. The SMILES string of the molecule is Cc1cc(S(C)(=O)=O)cc(C(=O)NC(C(=O)O)C2CC2)c1C. The molecule has 6 nitrogen and oxygen atoms in total. The van der Waals surface area contributed by atoms with Gasteiger partial charge in [0.1, 0.15) is 6.04 Å². The minimum atomic E-state index is -3.44. The number of amides is 1. The molecule has 1 fully saturated rings. The number of carbonyl (C=O) groups excluding carboxylic acids is 1. The normalized spacial score (nSPS) is 16.1. The Hall–Kier alpha value is -1.89. The molecule has 1 atom stereocenters. The zero-order valence-electron chi connectivity index (χ0n) is 12.7. The molecule has 1 unspecified atom stereocenters. The lowest BCUT2D eigenvalue weighted by molar-refractivity contribution is -0.139. The molecule has 0 saturated heterocycles. The third-order valence-corrected chi connectivity index (χ3v) is 5.05. The second kappa shape index (κ2) is 5.72. The topological polar surface area (TPSA) is 101 Å². The minimum absolute atomic E-state index is 0.0408. The van der Waals surface area contributed by atoms with Crippen molar-refractivity contribution in [2.45, 2.75) is 37.6 Å². The summed E-state index contributed by atoms with van der Waals surface area (Å²) in [5.41, 5.74) is 1.52. The van der Waals surface area contributed by atoms with Gasteiger partial charge in [0, 0.05) is 11.8 Å². The van der Waals surface area contributed by atoms with Gasteiger partial charge in [-0.15, -0.1) is 0 Å². The van der Waals surface area contributed by atoms with Crippen LogP contribution >= 0.6 is 0 Å². The summed E-state index contributed by atoms with van der Waals surface area (Å²) in [7, 11) is -3.44. The molecule has 0 radical (unpaired) electrons. The standard InChI is InChI=1S/C15H19NO5S/c1-8-6-11(22(3,20)21)7-12(9(8)2)14(17)16-13(15(18)19)10-4-5-10/h6-7,10,13H,4-5H2,1-3H3,(H,16,17)(H,18,19). The van der Waals surface area contributed by atoms with Gasteiger partial charge in [-0.25, -0.2) is 13.2 Å². The number of carboxylic acids is 1. The Labute approximate surface area is 129 Å². The Morgan fingerprint density at radius 3 is 2.32 bits per heavy atom. The molecule has 2 N–H and O–H groups in total. The Morgan fingerprint density at radius 1 is 1.27 bits per heavy atom. The van der Waals surface area contributed by atoms with E-state index in [9.17, 15) is 23.1 Å². The van der Waals surface area contributed by atoms with Crippen LogP contribution in [0.5, 0.6) is 0 Å². The van der Waals surface area contributed by atoms with Crippen LogP contribution in [0.4, 0.5) is 0 Å². The summed E-state index contributed by atoms with van der Waals surface area (Å²) >= 11 is 0. The molecule has 0 aromatic heterocycles. The van der Waals surface area contributed by atoms with E-state index in [0.717, 1.165) is 19.1 Å². The molecular formula is C15H19NO5S. The van der Waals surface area contributed by atoms with E-state index in [-0.39, 0.29) is 16.4 Å². The Kier molecular flexibility index (Phi) is 4.28. The summed E-state index contributed by atoms with van der Waals surface area (Å²) in [6.07, 6.45) is 2.63. The molecule has 0 bridgehead atoms. The molecule has 7 heteroatoms. The fraction of sp³-hybridized carbons (Fsp3) is 0.467. The minimum Gasteiger partial charge on any atom is -0.480 e. The maximum absolute atomic E-state index is 12.4. The molecule has 0 heterocycles. The predicted molar refractivity (Wildman–Crippen MR) is 80.6 cm³/mol. The van der Waals surface area contributed by atoms with Crippen LogP contribution in [-0.2, 0) is 14.6 Å². The molecule has 22 heavy (non-hydrogen) atoms. The summed E-state index contributed by atoms with van der Waals surface area (Å²) in [6.45, 7) is 3.43. The molecule has 1 amide bonds. The number of nitrogens with one attached hydrogen (secondary N) is 1. The smallest absolute Gasteiger partial charge is 0.326 e. The first-order valence-electron chi connectivity index (χ1n) is 6.96. The van der Waals surface area contributed by atoms with Crippen LogP contribution in [0.15, 0.2) is 17.0 Å². The quantitative estimate of drug-likeness (QED) is 0.850. The van der Waals surface area contributed by atoms with Crippen LogP contribution < -0.4 is 5.32 Å². The lowest BCUT2D eigenvalue weighted by atomic mass is 10.0. The largest absolute Gasteiger partial charge is 0.480 e. The van der Waals surface area contributed by atoms with E-state index >= 15 is 0 Å². The summed E-state index contributed by atoms with van der Waals surface area (Å²) < 4.78 is 23.4. The third kappa shape index (κ3) is 3.47. The molecule has 1 aromatic carbocycles. The molecule has 1 aliphatic carbocycles. The summed E-state index contributed by atoms with van der Waals surface area (Å²) in [6, 6.07) is 1.89. The van der Waals surface area contributed by atoms with Crippen LogP contribution in [0.1, 0.15) is 34.3 Å². The highest BCUT2D eigenvalue weighted by molar-refractivity contribution is 7.90.